The van der Waals surface area contributed by atoms with Gasteiger partial charge in [-0.3, -0.25) is 9.59 Å². The molecule has 11 heteroatoms. The third-order valence-corrected chi connectivity index (χ3v) is 3.64. The average Bonchev–Trinajstić information content (AvgIpc) is 3.27. The number of nitrogens with zero attached hydrogens (tertiary/aromatic N) is 2. The summed E-state index contributed by atoms with van der Waals surface area (Å²) in [5.74, 6) is -0.216. The molecular formula is C16H10ClF3N2O5. The van der Waals surface area contributed by atoms with E-state index in [1.54, 1.807) is 12.1 Å². The van der Waals surface area contributed by atoms with Crippen LogP contribution < -0.4 is 5.56 Å². The summed E-state index contributed by atoms with van der Waals surface area (Å²) < 4.78 is 53.9. The molecule has 142 valence electrons. The van der Waals surface area contributed by atoms with Gasteiger partial charge in [0.1, 0.15) is 23.9 Å². The van der Waals surface area contributed by atoms with E-state index in [0.29, 0.717) is 28.4 Å². The van der Waals surface area contributed by atoms with Crippen LogP contribution in [-0.2, 0) is 28.9 Å². The summed E-state index contributed by atoms with van der Waals surface area (Å²) in [6.45, 7) is -1.05. The molecule has 3 aromatic rings. The fraction of sp³-hybridized carbons (Fsp3) is 0.188. The number of ether oxygens (including phenoxy) is 1. The zero-order chi connectivity index (χ0) is 19.6. The lowest BCUT2D eigenvalue weighted by molar-refractivity contribution is -0.146. The molecular weight excluding hydrogens is 393 g/mol. The Bertz CT molecular complexity index is 1010. The van der Waals surface area contributed by atoms with E-state index >= 15 is 0 Å². The lowest BCUT2D eigenvalue weighted by Gasteiger charge is -2.11. The molecule has 0 aliphatic heterocycles. The van der Waals surface area contributed by atoms with Crippen molar-refractivity contribution in [2.45, 2.75) is 19.3 Å². The Labute approximate surface area is 153 Å². The molecule has 0 amide bonds. The van der Waals surface area contributed by atoms with E-state index in [1.165, 1.54) is 12.3 Å². The van der Waals surface area contributed by atoms with Crippen molar-refractivity contribution in [2.75, 3.05) is 0 Å². The van der Waals surface area contributed by atoms with Gasteiger partial charge in [-0.15, -0.1) is 0 Å². The lowest BCUT2D eigenvalue weighted by atomic mass is 10.2. The molecule has 0 spiro atoms. The maximum atomic E-state index is 12.8. The second-order valence-electron chi connectivity index (χ2n) is 5.33. The fourth-order valence-electron chi connectivity index (χ4n) is 2.13. The predicted octanol–water partition coefficient (Wildman–Crippen LogP) is 3.51. The lowest BCUT2D eigenvalue weighted by Crippen LogP contribution is -2.27. The Morgan fingerprint density at radius 1 is 1.30 bits per heavy atom. The summed E-state index contributed by atoms with van der Waals surface area (Å²) >= 11 is 5.52. The molecule has 0 radical (unpaired) electrons. The first-order chi connectivity index (χ1) is 12.7. The van der Waals surface area contributed by atoms with E-state index < -0.39 is 34.8 Å². The van der Waals surface area contributed by atoms with Gasteiger partial charge in [-0.2, -0.15) is 13.2 Å². The van der Waals surface area contributed by atoms with Crippen LogP contribution in [0.2, 0.25) is 5.02 Å². The SMILES string of the molecule is O=C(Cn1cc(C(F)(F)F)cc(Cl)c1=O)OCc1cc(-c2ccco2)on1. The summed E-state index contributed by atoms with van der Waals surface area (Å²) in [4.78, 5) is 23.7. The van der Waals surface area contributed by atoms with E-state index in [2.05, 4.69) is 5.16 Å². The molecule has 3 heterocycles. The van der Waals surface area contributed by atoms with E-state index in [9.17, 15) is 22.8 Å². The van der Waals surface area contributed by atoms with Gasteiger partial charge in [0.2, 0.25) is 5.76 Å². The second kappa shape index (κ2) is 7.31. The highest BCUT2D eigenvalue weighted by Crippen LogP contribution is 2.29. The number of hydrogen-bond acceptors (Lipinski definition) is 6. The van der Waals surface area contributed by atoms with Crippen molar-refractivity contribution >= 4 is 17.6 Å². The molecule has 0 saturated heterocycles. The first-order valence-electron chi connectivity index (χ1n) is 7.36. The third-order valence-electron chi connectivity index (χ3n) is 3.37. The maximum absolute atomic E-state index is 12.8. The molecule has 0 saturated carbocycles. The molecule has 0 unspecified atom stereocenters. The topological polar surface area (TPSA) is 87.5 Å². The van der Waals surface area contributed by atoms with Crippen LogP contribution in [0.4, 0.5) is 13.2 Å². The zero-order valence-electron chi connectivity index (χ0n) is 13.3. The molecule has 0 aromatic carbocycles. The van der Waals surface area contributed by atoms with Gasteiger partial charge in [0.25, 0.3) is 5.56 Å². The maximum Gasteiger partial charge on any atom is 0.417 e. The number of carbonyl (C=O) groups is 1. The van der Waals surface area contributed by atoms with Crippen molar-refractivity contribution in [1.29, 1.82) is 0 Å². The molecule has 0 atom stereocenters. The number of alkyl halides is 3. The summed E-state index contributed by atoms with van der Waals surface area (Å²) in [5, 5.41) is 3.02. The highest BCUT2D eigenvalue weighted by molar-refractivity contribution is 6.30. The van der Waals surface area contributed by atoms with Gasteiger partial charge in [-0.25, -0.2) is 0 Å². The molecule has 27 heavy (non-hydrogen) atoms. The minimum Gasteiger partial charge on any atom is -0.461 e. The van der Waals surface area contributed by atoms with Crippen LogP contribution in [0.15, 0.2) is 50.5 Å². The van der Waals surface area contributed by atoms with E-state index in [4.69, 9.17) is 25.3 Å². The fourth-order valence-corrected chi connectivity index (χ4v) is 2.35. The summed E-state index contributed by atoms with van der Waals surface area (Å²) in [6.07, 6.45) is -2.78. The quantitative estimate of drug-likeness (QED) is 0.607. The number of hydrogen-bond donors (Lipinski definition) is 0. The van der Waals surface area contributed by atoms with Crippen LogP contribution >= 0.6 is 11.6 Å². The summed E-state index contributed by atoms with van der Waals surface area (Å²) in [6, 6.07) is 5.26. The average molecular weight is 403 g/mol. The summed E-state index contributed by atoms with van der Waals surface area (Å²) in [5.41, 5.74) is -1.84. The molecule has 0 N–H and O–H groups in total. The van der Waals surface area contributed by atoms with Gasteiger partial charge in [0.05, 0.1) is 11.8 Å². The first-order valence-corrected chi connectivity index (χ1v) is 7.74. The van der Waals surface area contributed by atoms with Gasteiger partial charge in [0.15, 0.2) is 5.76 Å². The molecule has 0 fully saturated rings. The van der Waals surface area contributed by atoms with Crippen LogP contribution in [0.25, 0.3) is 11.5 Å². The Morgan fingerprint density at radius 3 is 2.74 bits per heavy atom. The molecule has 0 aliphatic rings. The number of esters is 1. The van der Waals surface area contributed by atoms with E-state index in [-0.39, 0.29) is 12.3 Å². The second-order valence-corrected chi connectivity index (χ2v) is 5.74. The van der Waals surface area contributed by atoms with Crippen molar-refractivity contribution in [2.24, 2.45) is 0 Å². The largest absolute Gasteiger partial charge is 0.461 e. The summed E-state index contributed by atoms with van der Waals surface area (Å²) in [7, 11) is 0. The van der Waals surface area contributed by atoms with Crippen LogP contribution in [-0.4, -0.2) is 15.7 Å². The van der Waals surface area contributed by atoms with Crippen LogP contribution in [0, 0.1) is 0 Å². The number of aromatic nitrogens is 2. The van der Waals surface area contributed by atoms with Gasteiger partial charge in [0, 0.05) is 12.3 Å². The van der Waals surface area contributed by atoms with Crippen LogP contribution in [0.5, 0.6) is 0 Å². The highest BCUT2D eigenvalue weighted by atomic mass is 35.5. The van der Waals surface area contributed by atoms with Crippen molar-refractivity contribution < 1.29 is 31.6 Å². The monoisotopic (exact) mass is 402 g/mol. The van der Waals surface area contributed by atoms with Crippen LogP contribution in [0.3, 0.4) is 0 Å². The van der Waals surface area contributed by atoms with Crippen LogP contribution in [0.1, 0.15) is 11.3 Å². The molecule has 3 aromatic heterocycles. The number of pyridine rings is 1. The minimum atomic E-state index is -4.72. The van der Waals surface area contributed by atoms with Crippen molar-refractivity contribution in [3.8, 4) is 11.5 Å². The Kier molecular flexibility index (Phi) is 5.08. The number of furan rings is 1. The third kappa shape index (κ3) is 4.40. The number of carbonyl (C=O) groups excluding carboxylic acids is 1. The van der Waals surface area contributed by atoms with Gasteiger partial charge < -0.3 is 18.2 Å². The first kappa shape index (κ1) is 18.8. The number of halogens is 4. The van der Waals surface area contributed by atoms with Gasteiger partial charge in [-0.1, -0.05) is 16.8 Å². The van der Waals surface area contributed by atoms with E-state index in [1.807, 2.05) is 0 Å². The minimum absolute atomic E-state index is 0.254. The van der Waals surface area contributed by atoms with Crippen molar-refractivity contribution in [3.63, 3.8) is 0 Å². The molecule has 3 rings (SSSR count). The Hall–Kier alpha value is -3.01. The molecule has 0 bridgehead atoms. The Morgan fingerprint density at radius 2 is 2.07 bits per heavy atom. The standard InChI is InChI=1S/C16H10ClF3N2O5/c17-11-4-9(16(18,19)20)6-22(15(11)24)7-14(23)26-8-10-5-13(27-21-10)12-2-1-3-25-12/h1-6H,7-8H2. The predicted molar refractivity (Wildman–Crippen MR) is 84.7 cm³/mol. The molecule has 7 nitrogen and oxygen atoms in total. The highest BCUT2D eigenvalue weighted by Gasteiger charge is 2.32. The zero-order valence-corrected chi connectivity index (χ0v) is 14.1. The van der Waals surface area contributed by atoms with Crippen molar-refractivity contribution in [1.82, 2.24) is 9.72 Å². The Balaban J connectivity index is 1.66. The normalized spacial score (nSPS) is 11.6. The van der Waals surface area contributed by atoms with Gasteiger partial charge >= 0.3 is 12.1 Å². The van der Waals surface area contributed by atoms with Gasteiger partial charge in [-0.05, 0) is 18.2 Å². The smallest absolute Gasteiger partial charge is 0.417 e. The number of rotatable bonds is 5. The molecule has 0 aliphatic carbocycles. The van der Waals surface area contributed by atoms with Crippen molar-refractivity contribution in [3.05, 3.63) is 63.4 Å². The van der Waals surface area contributed by atoms with E-state index in [0.717, 1.165) is 0 Å².